The van der Waals surface area contributed by atoms with Gasteiger partial charge in [-0.1, -0.05) is 13.3 Å². The summed E-state index contributed by atoms with van der Waals surface area (Å²) in [5.41, 5.74) is 6.24. The first kappa shape index (κ1) is 13.3. The third-order valence-electron chi connectivity index (χ3n) is 1.91. The van der Waals surface area contributed by atoms with Crippen LogP contribution in [0.5, 0.6) is 0 Å². The monoisotopic (exact) mass is 221 g/mol. The summed E-state index contributed by atoms with van der Waals surface area (Å²) in [7, 11) is 0. The van der Waals surface area contributed by atoms with Crippen LogP contribution < -0.4 is 5.73 Å². The van der Waals surface area contributed by atoms with Crippen molar-refractivity contribution >= 4 is 12.4 Å². The van der Waals surface area contributed by atoms with Crippen LogP contribution in [0.2, 0.25) is 0 Å². The Labute approximate surface area is 88.7 Å². The summed E-state index contributed by atoms with van der Waals surface area (Å²) in [4.78, 5) is 0. The molecule has 0 aromatic heterocycles. The van der Waals surface area contributed by atoms with Gasteiger partial charge in [0.1, 0.15) is 11.6 Å². The number of hydrogen-bond donors (Lipinski definition) is 1. The van der Waals surface area contributed by atoms with Crippen LogP contribution in [0.1, 0.15) is 31.4 Å². The lowest BCUT2D eigenvalue weighted by molar-refractivity contribution is 0.565. The first-order valence-corrected chi connectivity index (χ1v) is 4.35. The van der Waals surface area contributed by atoms with E-state index in [9.17, 15) is 8.78 Å². The highest BCUT2D eigenvalue weighted by Crippen LogP contribution is 2.17. The van der Waals surface area contributed by atoms with Crippen molar-refractivity contribution in [2.75, 3.05) is 0 Å². The molecule has 0 fully saturated rings. The van der Waals surface area contributed by atoms with Gasteiger partial charge in [-0.05, 0) is 24.1 Å². The van der Waals surface area contributed by atoms with Crippen molar-refractivity contribution in [1.29, 1.82) is 0 Å². The fraction of sp³-hybridized carbons (Fsp3) is 0.400. The van der Waals surface area contributed by atoms with E-state index in [1.807, 2.05) is 6.92 Å². The molecule has 1 aromatic carbocycles. The van der Waals surface area contributed by atoms with Crippen LogP contribution in [-0.4, -0.2) is 0 Å². The van der Waals surface area contributed by atoms with E-state index >= 15 is 0 Å². The van der Waals surface area contributed by atoms with Gasteiger partial charge in [-0.3, -0.25) is 0 Å². The van der Waals surface area contributed by atoms with Crippen LogP contribution in [0.15, 0.2) is 18.2 Å². The van der Waals surface area contributed by atoms with E-state index in [0.717, 1.165) is 18.9 Å². The third kappa shape index (κ3) is 3.60. The van der Waals surface area contributed by atoms with E-state index in [2.05, 4.69) is 0 Å². The second kappa shape index (κ2) is 5.94. The summed E-state index contributed by atoms with van der Waals surface area (Å²) in [6.45, 7) is 1.98. The maximum Gasteiger partial charge on any atom is 0.126 e. The molecule has 80 valence electrons. The first-order valence-electron chi connectivity index (χ1n) is 4.35. The smallest absolute Gasteiger partial charge is 0.126 e. The molecule has 2 N–H and O–H groups in total. The zero-order valence-corrected chi connectivity index (χ0v) is 8.78. The molecule has 0 aliphatic carbocycles. The Kier molecular flexibility index (Phi) is 5.65. The van der Waals surface area contributed by atoms with E-state index in [1.165, 1.54) is 12.1 Å². The van der Waals surface area contributed by atoms with Gasteiger partial charge in [0.2, 0.25) is 0 Å². The van der Waals surface area contributed by atoms with E-state index in [1.54, 1.807) is 0 Å². The van der Waals surface area contributed by atoms with Gasteiger partial charge in [0, 0.05) is 12.1 Å². The summed E-state index contributed by atoms with van der Waals surface area (Å²) < 4.78 is 25.5. The number of rotatable bonds is 3. The van der Waals surface area contributed by atoms with E-state index in [-0.39, 0.29) is 18.4 Å². The molecule has 1 aromatic rings. The van der Waals surface area contributed by atoms with Gasteiger partial charge in [-0.25, -0.2) is 8.78 Å². The summed E-state index contributed by atoms with van der Waals surface area (Å²) in [6.07, 6.45) is 1.64. The summed E-state index contributed by atoms with van der Waals surface area (Å²) in [5, 5.41) is 0. The van der Waals surface area contributed by atoms with Crippen molar-refractivity contribution in [3.05, 3.63) is 35.4 Å². The minimum Gasteiger partial charge on any atom is -0.324 e. The number of benzene rings is 1. The lowest BCUT2D eigenvalue weighted by atomic mass is 10.0. The van der Waals surface area contributed by atoms with E-state index < -0.39 is 11.6 Å². The SMILES string of the molecule is CCC[C@H](N)c1cc(F)cc(F)c1.Cl. The quantitative estimate of drug-likeness (QED) is 0.834. The predicted octanol–water partition coefficient (Wildman–Crippen LogP) is 3.19. The average Bonchev–Trinajstić information content (AvgIpc) is 2.03. The highest BCUT2D eigenvalue weighted by atomic mass is 35.5. The first-order chi connectivity index (χ1) is 6.13. The van der Waals surface area contributed by atoms with Crippen LogP contribution in [-0.2, 0) is 0 Å². The second-order valence-corrected chi connectivity index (χ2v) is 3.10. The summed E-state index contributed by atoms with van der Waals surface area (Å²) in [5.74, 6) is -1.14. The van der Waals surface area contributed by atoms with E-state index in [4.69, 9.17) is 5.73 Å². The molecule has 0 spiro atoms. The third-order valence-corrected chi connectivity index (χ3v) is 1.91. The zero-order valence-electron chi connectivity index (χ0n) is 7.97. The van der Waals surface area contributed by atoms with Gasteiger partial charge in [-0.2, -0.15) is 0 Å². The molecule has 0 saturated heterocycles. The topological polar surface area (TPSA) is 26.0 Å². The Bertz CT molecular complexity index is 271. The van der Waals surface area contributed by atoms with Crippen LogP contribution in [0.3, 0.4) is 0 Å². The average molecular weight is 222 g/mol. The van der Waals surface area contributed by atoms with Gasteiger partial charge < -0.3 is 5.73 Å². The largest absolute Gasteiger partial charge is 0.324 e. The highest BCUT2D eigenvalue weighted by molar-refractivity contribution is 5.85. The Hall–Kier alpha value is -0.670. The van der Waals surface area contributed by atoms with Crippen LogP contribution in [0.4, 0.5) is 8.78 Å². The van der Waals surface area contributed by atoms with Crippen LogP contribution in [0, 0.1) is 11.6 Å². The molecule has 0 aliphatic heterocycles. The van der Waals surface area contributed by atoms with Gasteiger partial charge in [0.15, 0.2) is 0 Å². The Balaban J connectivity index is 0.00000169. The number of halogens is 3. The molecule has 4 heteroatoms. The van der Waals surface area contributed by atoms with Gasteiger partial charge in [0.05, 0.1) is 0 Å². The maximum absolute atomic E-state index is 12.7. The van der Waals surface area contributed by atoms with Crippen molar-refractivity contribution < 1.29 is 8.78 Å². The molecule has 1 nitrogen and oxygen atoms in total. The second-order valence-electron chi connectivity index (χ2n) is 3.10. The molecular formula is C10H14ClF2N. The molecule has 0 amide bonds. The molecule has 14 heavy (non-hydrogen) atoms. The summed E-state index contributed by atoms with van der Waals surface area (Å²) >= 11 is 0. The fourth-order valence-corrected chi connectivity index (χ4v) is 1.27. The molecule has 0 bridgehead atoms. The predicted molar refractivity (Wildman–Crippen MR) is 55.4 cm³/mol. The molecule has 1 rings (SSSR count). The zero-order chi connectivity index (χ0) is 9.84. The molecule has 1 atom stereocenters. The van der Waals surface area contributed by atoms with Crippen molar-refractivity contribution in [2.24, 2.45) is 5.73 Å². The molecule has 0 heterocycles. The Morgan fingerprint density at radius 1 is 1.21 bits per heavy atom. The standard InChI is InChI=1S/C10H13F2N.ClH/c1-2-3-10(13)7-4-8(11)6-9(12)5-7;/h4-6,10H,2-3,13H2,1H3;1H/t10-;/m0./s1. The van der Waals surface area contributed by atoms with Crippen molar-refractivity contribution in [3.8, 4) is 0 Å². The number of hydrogen-bond acceptors (Lipinski definition) is 1. The van der Waals surface area contributed by atoms with Crippen molar-refractivity contribution in [2.45, 2.75) is 25.8 Å². The van der Waals surface area contributed by atoms with Crippen molar-refractivity contribution in [3.63, 3.8) is 0 Å². The van der Waals surface area contributed by atoms with Gasteiger partial charge in [-0.15, -0.1) is 12.4 Å². The molecule has 0 saturated carbocycles. The normalized spacial score (nSPS) is 12.0. The fourth-order valence-electron chi connectivity index (χ4n) is 1.27. The molecule has 0 aliphatic rings. The minimum atomic E-state index is -0.568. The Morgan fingerprint density at radius 2 is 1.71 bits per heavy atom. The summed E-state index contributed by atoms with van der Waals surface area (Å²) in [6, 6.07) is 3.14. The van der Waals surface area contributed by atoms with Crippen molar-refractivity contribution in [1.82, 2.24) is 0 Å². The van der Waals surface area contributed by atoms with Crippen LogP contribution in [0.25, 0.3) is 0 Å². The van der Waals surface area contributed by atoms with Gasteiger partial charge >= 0.3 is 0 Å². The Morgan fingerprint density at radius 3 is 2.14 bits per heavy atom. The molecular weight excluding hydrogens is 208 g/mol. The lowest BCUT2D eigenvalue weighted by Crippen LogP contribution is -2.10. The minimum absolute atomic E-state index is 0. The van der Waals surface area contributed by atoms with Gasteiger partial charge in [0.25, 0.3) is 0 Å². The molecule has 0 unspecified atom stereocenters. The highest BCUT2D eigenvalue weighted by Gasteiger charge is 2.07. The van der Waals surface area contributed by atoms with E-state index in [0.29, 0.717) is 5.56 Å². The molecule has 0 radical (unpaired) electrons. The lowest BCUT2D eigenvalue weighted by Gasteiger charge is -2.10. The van der Waals surface area contributed by atoms with Crippen LogP contribution >= 0.6 is 12.4 Å². The maximum atomic E-state index is 12.7. The number of nitrogens with two attached hydrogens (primary N) is 1.